The van der Waals surface area contributed by atoms with Gasteiger partial charge in [0.15, 0.2) is 0 Å². The molecule has 0 radical (unpaired) electrons. The Labute approximate surface area is 174 Å². The summed E-state index contributed by atoms with van der Waals surface area (Å²) in [4.78, 5) is -0.0285. The first-order valence-electron chi connectivity index (χ1n) is 8.39. The lowest BCUT2D eigenvalue weighted by Gasteiger charge is -2.18. The van der Waals surface area contributed by atoms with Crippen molar-refractivity contribution in [3.05, 3.63) is 45.9 Å². The van der Waals surface area contributed by atoms with Crippen molar-refractivity contribution in [3.63, 3.8) is 0 Å². The van der Waals surface area contributed by atoms with E-state index in [0.717, 1.165) is 4.31 Å². The first-order chi connectivity index (χ1) is 12.9. The van der Waals surface area contributed by atoms with Gasteiger partial charge in [0.25, 0.3) is 10.0 Å². The summed E-state index contributed by atoms with van der Waals surface area (Å²) in [5, 5.41) is 0. The molecule has 0 aliphatic rings. The van der Waals surface area contributed by atoms with Gasteiger partial charge in [-0.25, -0.2) is 21.1 Å². The molecule has 2 aromatic rings. The number of sulfonamides is 2. The molecule has 2 aromatic carbocycles. The van der Waals surface area contributed by atoms with Crippen LogP contribution in [0, 0.1) is 13.8 Å². The molecule has 0 fully saturated rings. The van der Waals surface area contributed by atoms with Crippen LogP contribution >= 0.6 is 15.9 Å². The molecule has 0 bridgehead atoms. The minimum Gasteiger partial charge on any atom is -0.492 e. The molecule has 0 heterocycles. The van der Waals surface area contributed by atoms with Crippen molar-refractivity contribution >= 4 is 41.7 Å². The van der Waals surface area contributed by atoms with Crippen LogP contribution in [0.15, 0.2) is 44.6 Å². The molecule has 1 N–H and O–H groups in total. The Balaban J connectivity index is 2.59. The molecular formula is C18H23BrN2O5S2. The number of benzene rings is 2. The molecule has 0 aliphatic carbocycles. The lowest BCUT2D eigenvalue weighted by molar-refractivity contribution is 0.331. The van der Waals surface area contributed by atoms with Gasteiger partial charge in [0.2, 0.25) is 10.0 Å². The van der Waals surface area contributed by atoms with Crippen LogP contribution in [-0.4, -0.2) is 41.8 Å². The summed E-state index contributed by atoms with van der Waals surface area (Å²) in [5.74, 6) is 0.213. The van der Waals surface area contributed by atoms with E-state index in [0.29, 0.717) is 22.2 Å². The highest BCUT2D eigenvalue weighted by Gasteiger charge is 2.24. The zero-order chi connectivity index (χ0) is 21.3. The van der Waals surface area contributed by atoms with Gasteiger partial charge in [0.1, 0.15) is 10.6 Å². The highest BCUT2D eigenvalue weighted by Crippen LogP contribution is 2.32. The Morgan fingerprint density at radius 1 is 1.07 bits per heavy atom. The van der Waals surface area contributed by atoms with Crippen molar-refractivity contribution in [2.24, 2.45) is 0 Å². The Hall–Kier alpha value is -1.62. The van der Waals surface area contributed by atoms with Crippen LogP contribution in [0.3, 0.4) is 0 Å². The summed E-state index contributed by atoms with van der Waals surface area (Å²) >= 11 is 3.27. The van der Waals surface area contributed by atoms with Gasteiger partial charge in [-0.05, 0) is 62.2 Å². The van der Waals surface area contributed by atoms with Crippen LogP contribution in [-0.2, 0) is 20.0 Å². The summed E-state index contributed by atoms with van der Waals surface area (Å²) in [7, 11) is -4.90. The number of anilines is 1. The maximum Gasteiger partial charge on any atom is 0.265 e. The normalized spacial score (nSPS) is 12.2. The number of halogens is 1. The zero-order valence-corrected chi connectivity index (χ0v) is 19.5. The first kappa shape index (κ1) is 22.7. The van der Waals surface area contributed by atoms with Gasteiger partial charge in [-0.2, -0.15) is 0 Å². The summed E-state index contributed by atoms with van der Waals surface area (Å²) in [6, 6.07) is 7.54. The van der Waals surface area contributed by atoms with E-state index in [4.69, 9.17) is 4.74 Å². The molecule has 154 valence electrons. The lowest BCUT2D eigenvalue weighted by atomic mass is 10.1. The van der Waals surface area contributed by atoms with Crippen LogP contribution in [0.1, 0.15) is 18.1 Å². The molecule has 0 saturated heterocycles. The van der Waals surface area contributed by atoms with Crippen LogP contribution in [0.2, 0.25) is 0 Å². The average Bonchev–Trinajstić information content (AvgIpc) is 2.60. The largest absolute Gasteiger partial charge is 0.492 e. The number of aryl methyl sites for hydroxylation is 1. The standard InChI is InChI=1S/C18H23BrN2O5S2/c1-6-26-17-8-7-14(19)10-18(17)27(22,23)20-16-11-15(9-12(2)13(16)3)28(24,25)21(4)5/h7-11,20H,6H2,1-5H3. The van der Waals surface area contributed by atoms with E-state index in [9.17, 15) is 16.8 Å². The smallest absolute Gasteiger partial charge is 0.265 e. The maximum atomic E-state index is 13.0. The average molecular weight is 491 g/mol. The number of rotatable bonds is 7. The highest BCUT2D eigenvalue weighted by atomic mass is 79.9. The van der Waals surface area contributed by atoms with Gasteiger partial charge in [-0.3, -0.25) is 4.72 Å². The summed E-state index contributed by atoms with van der Waals surface area (Å²) < 4.78 is 60.7. The van der Waals surface area contributed by atoms with Crippen molar-refractivity contribution in [2.75, 3.05) is 25.4 Å². The first-order valence-corrected chi connectivity index (χ1v) is 12.1. The molecule has 0 unspecified atom stereocenters. The van der Waals surface area contributed by atoms with Crippen molar-refractivity contribution in [1.29, 1.82) is 0 Å². The Kier molecular flexibility index (Phi) is 6.80. The van der Waals surface area contributed by atoms with Crippen molar-refractivity contribution in [3.8, 4) is 5.75 Å². The summed E-state index contributed by atoms with van der Waals surface area (Å²) in [6.07, 6.45) is 0. The van der Waals surface area contributed by atoms with Gasteiger partial charge in [-0.1, -0.05) is 15.9 Å². The Morgan fingerprint density at radius 3 is 2.29 bits per heavy atom. The molecule has 2 rings (SSSR count). The predicted molar refractivity (Wildman–Crippen MR) is 113 cm³/mol. The second-order valence-corrected chi connectivity index (χ2v) is 11.0. The Bertz CT molecular complexity index is 1100. The monoisotopic (exact) mass is 490 g/mol. The van der Waals surface area contributed by atoms with E-state index in [2.05, 4.69) is 20.7 Å². The molecule has 0 aliphatic heterocycles. The highest BCUT2D eigenvalue weighted by molar-refractivity contribution is 9.10. The number of nitrogens with one attached hydrogen (secondary N) is 1. The molecule has 7 nitrogen and oxygen atoms in total. The zero-order valence-electron chi connectivity index (χ0n) is 16.3. The third kappa shape index (κ3) is 4.68. The van der Waals surface area contributed by atoms with E-state index >= 15 is 0 Å². The summed E-state index contributed by atoms with van der Waals surface area (Å²) in [5.41, 5.74) is 1.48. The third-order valence-corrected chi connectivity index (χ3v) is 7.83. The molecule has 0 aromatic heterocycles. The second-order valence-electron chi connectivity index (χ2n) is 6.33. The number of nitrogens with zero attached hydrogens (tertiary/aromatic N) is 1. The van der Waals surface area contributed by atoms with Gasteiger partial charge < -0.3 is 4.74 Å². The summed E-state index contributed by atoms with van der Waals surface area (Å²) in [6.45, 7) is 5.52. The van der Waals surface area contributed by atoms with E-state index in [1.54, 1.807) is 32.9 Å². The molecule has 0 amide bonds. The van der Waals surface area contributed by atoms with Crippen LogP contribution in [0.25, 0.3) is 0 Å². The SMILES string of the molecule is CCOc1ccc(Br)cc1S(=O)(=O)Nc1cc(S(=O)(=O)N(C)C)cc(C)c1C. The fraction of sp³-hybridized carbons (Fsp3) is 0.333. The van der Waals surface area contributed by atoms with Gasteiger partial charge >= 0.3 is 0 Å². The quantitative estimate of drug-likeness (QED) is 0.640. The van der Waals surface area contributed by atoms with Crippen LogP contribution in [0.4, 0.5) is 5.69 Å². The minimum atomic E-state index is -4.02. The van der Waals surface area contributed by atoms with Crippen LogP contribution < -0.4 is 9.46 Å². The second kappa shape index (κ2) is 8.40. The molecule has 0 spiro atoms. The fourth-order valence-electron chi connectivity index (χ4n) is 2.46. The van der Waals surface area contributed by atoms with Crippen molar-refractivity contribution in [1.82, 2.24) is 4.31 Å². The predicted octanol–water partition coefficient (Wildman–Crippen LogP) is 3.52. The van der Waals surface area contributed by atoms with Crippen molar-refractivity contribution < 1.29 is 21.6 Å². The molecular weight excluding hydrogens is 468 g/mol. The number of hydrogen-bond donors (Lipinski definition) is 1. The van der Waals surface area contributed by atoms with Gasteiger partial charge in [0.05, 0.1) is 17.2 Å². The van der Waals surface area contributed by atoms with E-state index in [1.807, 2.05) is 0 Å². The molecule has 0 saturated carbocycles. The topological polar surface area (TPSA) is 92.8 Å². The molecule has 28 heavy (non-hydrogen) atoms. The molecule has 0 atom stereocenters. The maximum absolute atomic E-state index is 13.0. The van der Waals surface area contributed by atoms with E-state index < -0.39 is 20.0 Å². The van der Waals surface area contributed by atoms with E-state index in [1.165, 1.54) is 32.3 Å². The fourth-order valence-corrected chi connectivity index (χ4v) is 5.27. The molecule has 10 heteroatoms. The van der Waals surface area contributed by atoms with Crippen LogP contribution in [0.5, 0.6) is 5.75 Å². The number of ether oxygens (including phenoxy) is 1. The van der Waals surface area contributed by atoms with Gasteiger partial charge in [-0.15, -0.1) is 0 Å². The lowest BCUT2D eigenvalue weighted by Crippen LogP contribution is -2.23. The van der Waals surface area contributed by atoms with Crippen molar-refractivity contribution in [2.45, 2.75) is 30.6 Å². The van der Waals surface area contributed by atoms with E-state index in [-0.39, 0.29) is 21.2 Å². The Morgan fingerprint density at radius 2 is 1.71 bits per heavy atom. The van der Waals surface area contributed by atoms with Gasteiger partial charge in [0, 0.05) is 18.6 Å². The third-order valence-electron chi connectivity index (χ3n) is 4.16. The minimum absolute atomic E-state index is 0.0116. The number of hydrogen-bond acceptors (Lipinski definition) is 5.